The maximum absolute atomic E-state index is 12.9. The smallest absolute Gasteiger partial charge is 0.271 e. The third-order valence-electron chi connectivity index (χ3n) is 11.0. The number of carbonyl (C=O) groups is 5. The van der Waals surface area contributed by atoms with Crippen LogP contribution in [0.5, 0.6) is 0 Å². The number of nitrogens with zero attached hydrogens (tertiary/aromatic N) is 5. The first kappa shape index (κ1) is 40.1. The number of aromatic amines is 1. The number of imide groups is 2. The molecule has 0 radical (unpaired) electrons. The number of nitro benzene ring substituents is 2. The van der Waals surface area contributed by atoms with Crippen LogP contribution in [-0.2, 0) is 33.3 Å². The summed E-state index contributed by atoms with van der Waals surface area (Å²) >= 11 is 0. The fraction of sp³-hybridized carbons (Fsp3) is 0.0889. The van der Waals surface area contributed by atoms with Gasteiger partial charge in [-0.1, -0.05) is 43.8 Å². The van der Waals surface area contributed by atoms with Crippen molar-refractivity contribution in [3.8, 4) is 0 Å². The van der Waals surface area contributed by atoms with Gasteiger partial charge < -0.3 is 14.1 Å². The van der Waals surface area contributed by atoms with E-state index in [9.17, 15) is 44.2 Å². The number of amides is 4. The van der Waals surface area contributed by atoms with Crippen molar-refractivity contribution in [2.24, 2.45) is 14.1 Å². The van der Waals surface area contributed by atoms with Gasteiger partial charge in [-0.2, -0.15) is 0 Å². The molecule has 4 aromatic carbocycles. The summed E-state index contributed by atoms with van der Waals surface area (Å²) in [6, 6.07) is 23.5. The van der Waals surface area contributed by atoms with Crippen molar-refractivity contribution in [2.75, 3.05) is 0 Å². The van der Waals surface area contributed by atoms with Gasteiger partial charge >= 0.3 is 0 Å². The first-order chi connectivity index (χ1) is 29.2. The van der Waals surface area contributed by atoms with Crippen molar-refractivity contribution in [3.05, 3.63) is 152 Å². The minimum atomic E-state index is -0.560. The van der Waals surface area contributed by atoms with E-state index in [2.05, 4.69) is 15.6 Å². The fourth-order valence-electron chi connectivity index (χ4n) is 8.23. The number of carbonyl (C=O) groups excluding carboxylic acids is 5. The minimum Gasteiger partial charge on any atom is -0.361 e. The molecule has 0 spiro atoms. The van der Waals surface area contributed by atoms with Crippen LogP contribution in [0.2, 0.25) is 0 Å². The predicted octanol–water partition coefficient (Wildman–Crippen LogP) is 7.04. The van der Waals surface area contributed by atoms with E-state index in [1.807, 2.05) is 24.3 Å². The molecule has 62 heavy (non-hydrogen) atoms. The molecule has 6 heterocycles. The number of nitro groups is 2. The van der Waals surface area contributed by atoms with Crippen LogP contribution in [0, 0.1) is 20.2 Å². The second kappa shape index (κ2) is 14.8. The van der Waals surface area contributed by atoms with Gasteiger partial charge in [0, 0.05) is 119 Å². The second-order valence-corrected chi connectivity index (χ2v) is 14.5. The van der Waals surface area contributed by atoms with Gasteiger partial charge in [-0.25, -0.2) is 0 Å². The molecule has 0 saturated heterocycles. The summed E-state index contributed by atoms with van der Waals surface area (Å²) in [7, 11) is 3.46. The molecule has 17 nitrogen and oxygen atoms in total. The standard InChI is InChI=1S/C23H16N4O5.C21H14N4O4.CH4/c1-12(28)26-11-17(14-5-3-4-6-18(14)26)21-20(22(29)24-23(21)30)16-10-25(2)19-9-13(27(31)32)7-8-15(16)19;1-24-10-15(13-7-6-11(25(28)29)8-17(13)24)19-18(20(26)23-21(19)27)14-9-22-16-5-3-2-4-12(14)16;/h3-11H,1-2H3,(H,24,29,30);2-10,22H,1H3,(H,23,26,27);1H4. The Bertz CT molecular complexity index is 3410. The largest absolute Gasteiger partial charge is 0.361 e. The van der Waals surface area contributed by atoms with Crippen LogP contribution >= 0.6 is 0 Å². The predicted molar refractivity (Wildman–Crippen MR) is 232 cm³/mol. The Hall–Kier alpha value is -8.73. The van der Waals surface area contributed by atoms with Crippen LogP contribution in [0.25, 0.3) is 65.9 Å². The van der Waals surface area contributed by atoms with E-state index in [4.69, 9.17) is 0 Å². The molecular formula is C45H34N8O9. The summed E-state index contributed by atoms with van der Waals surface area (Å²) in [5, 5.41) is 29.8. The number of aryl methyl sites for hydroxylation is 2. The van der Waals surface area contributed by atoms with Gasteiger partial charge in [-0.15, -0.1) is 0 Å². The Labute approximate surface area is 349 Å². The molecule has 0 unspecified atom stereocenters. The lowest BCUT2D eigenvalue weighted by atomic mass is 9.95. The van der Waals surface area contributed by atoms with Gasteiger partial charge in [-0.05, 0) is 24.3 Å². The molecule has 4 aromatic heterocycles. The van der Waals surface area contributed by atoms with Gasteiger partial charge in [0.1, 0.15) is 0 Å². The molecule has 2 aliphatic heterocycles. The Balaban J connectivity index is 0.000000169. The Morgan fingerprint density at radius 2 is 0.968 bits per heavy atom. The number of hydrogen-bond acceptors (Lipinski definition) is 9. The molecule has 3 N–H and O–H groups in total. The molecule has 2 aliphatic rings. The van der Waals surface area contributed by atoms with Gasteiger partial charge in [0.05, 0.1) is 48.7 Å². The first-order valence-electron chi connectivity index (χ1n) is 18.6. The lowest BCUT2D eigenvalue weighted by Crippen LogP contribution is -2.22. The van der Waals surface area contributed by atoms with Gasteiger partial charge in [0.25, 0.3) is 35.0 Å². The van der Waals surface area contributed by atoms with E-state index < -0.39 is 33.5 Å². The molecule has 0 saturated carbocycles. The number of non-ortho nitro benzene ring substituents is 2. The van der Waals surface area contributed by atoms with Crippen molar-refractivity contribution in [1.82, 2.24) is 29.3 Å². The van der Waals surface area contributed by atoms with Gasteiger partial charge in [-0.3, -0.25) is 59.4 Å². The highest BCUT2D eigenvalue weighted by atomic mass is 16.6. The molecule has 17 heteroatoms. The van der Waals surface area contributed by atoms with Crippen molar-refractivity contribution in [2.45, 2.75) is 14.4 Å². The lowest BCUT2D eigenvalue weighted by Gasteiger charge is -2.03. The molecule has 10 rings (SSSR count). The highest BCUT2D eigenvalue weighted by Gasteiger charge is 2.37. The quantitative estimate of drug-likeness (QED) is 0.0886. The number of hydrogen-bond donors (Lipinski definition) is 3. The molecule has 0 aliphatic carbocycles. The Morgan fingerprint density at radius 3 is 1.45 bits per heavy atom. The zero-order chi connectivity index (χ0) is 43.0. The average molecular weight is 831 g/mol. The molecule has 8 aromatic rings. The number of para-hydroxylation sites is 2. The summed E-state index contributed by atoms with van der Waals surface area (Å²) in [4.78, 5) is 87.9. The molecule has 0 atom stereocenters. The summed E-state index contributed by atoms with van der Waals surface area (Å²) < 4.78 is 4.84. The number of fused-ring (bicyclic) bond motifs is 4. The number of aromatic nitrogens is 4. The number of H-pyrrole nitrogens is 1. The zero-order valence-corrected chi connectivity index (χ0v) is 32.3. The fourth-order valence-corrected chi connectivity index (χ4v) is 8.23. The van der Waals surface area contributed by atoms with Gasteiger partial charge in [0.2, 0.25) is 5.91 Å². The van der Waals surface area contributed by atoms with Crippen molar-refractivity contribution >= 4 is 107 Å². The topological polar surface area (TPSA) is 226 Å². The SMILES string of the molecule is C.CC(=O)n1cc(C2=C(c3cn(C)c4cc([N+](=O)[O-])ccc34)C(=O)NC2=O)c2ccccc21.Cn1cc(C2=C(c3c[nH]c4ccccc34)C(=O)NC2=O)c2ccc([N+](=O)[O-])cc21. The van der Waals surface area contributed by atoms with Crippen LogP contribution in [0.4, 0.5) is 11.4 Å². The molecular weight excluding hydrogens is 797 g/mol. The summed E-state index contributed by atoms with van der Waals surface area (Å²) in [6.45, 7) is 1.42. The monoisotopic (exact) mass is 830 g/mol. The van der Waals surface area contributed by atoms with Gasteiger partial charge in [0.15, 0.2) is 0 Å². The molecule has 4 amide bonds. The highest BCUT2D eigenvalue weighted by molar-refractivity contribution is 6.51. The maximum Gasteiger partial charge on any atom is 0.271 e. The van der Waals surface area contributed by atoms with E-state index in [1.165, 1.54) is 35.8 Å². The third kappa shape index (κ3) is 6.22. The zero-order valence-electron chi connectivity index (χ0n) is 32.3. The van der Waals surface area contributed by atoms with Crippen LogP contribution < -0.4 is 10.6 Å². The second-order valence-electron chi connectivity index (χ2n) is 14.5. The molecule has 308 valence electrons. The summed E-state index contributed by atoms with van der Waals surface area (Å²) in [6.07, 6.45) is 6.67. The van der Waals surface area contributed by atoms with Crippen LogP contribution in [0.3, 0.4) is 0 Å². The third-order valence-corrected chi connectivity index (χ3v) is 11.0. The number of benzene rings is 4. The lowest BCUT2D eigenvalue weighted by molar-refractivity contribution is -0.384. The van der Waals surface area contributed by atoms with Crippen molar-refractivity contribution in [3.63, 3.8) is 0 Å². The Kier molecular flexibility index (Phi) is 9.58. The van der Waals surface area contributed by atoms with Crippen LogP contribution in [-0.4, -0.2) is 58.1 Å². The van der Waals surface area contributed by atoms with E-state index in [-0.39, 0.29) is 41.4 Å². The molecule has 0 bridgehead atoms. The van der Waals surface area contributed by atoms with E-state index in [0.717, 1.165) is 10.9 Å². The highest BCUT2D eigenvalue weighted by Crippen LogP contribution is 2.41. The summed E-state index contributed by atoms with van der Waals surface area (Å²) in [5.41, 5.74) is 5.56. The number of rotatable bonds is 6. The maximum atomic E-state index is 12.9. The van der Waals surface area contributed by atoms with E-state index >= 15 is 0 Å². The van der Waals surface area contributed by atoms with Crippen molar-refractivity contribution < 1.29 is 33.8 Å². The summed E-state index contributed by atoms with van der Waals surface area (Å²) in [5.74, 6) is -2.29. The average Bonchev–Trinajstić information content (AvgIpc) is 4.08. The normalized spacial score (nSPS) is 13.9. The van der Waals surface area contributed by atoms with Crippen molar-refractivity contribution in [1.29, 1.82) is 0 Å². The first-order valence-corrected chi connectivity index (χ1v) is 18.6. The van der Waals surface area contributed by atoms with E-state index in [0.29, 0.717) is 60.5 Å². The number of nitrogens with one attached hydrogen (secondary N) is 3. The van der Waals surface area contributed by atoms with E-state index in [1.54, 1.807) is 84.4 Å². The Morgan fingerprint density at radius 1 is 0.548 bits per heavy atom. The minimum absolute atomic E-state index is 0. The van der Waals surface area contributed by atoms with Crippen LogP contribution in [0.1, 0.15) is 41.4 Å². The van der Waals surface area contributed by atoms with Crippen LogP contribution in [0.15, 0.2) is 110 Å². The molecule has 0 fully saturated rings.